The molecule has 6 rings (SSSR count). The Morgan fingerprint density at radius 2 is 2.03 bits per heavy atom. The number of amides is 1. The van der Waals surface area contributed by atoms with Gasteiger partial charge in [0.05, 0.1) is 24.4 Å². The van der Waals surface area contributed by atoms with Crippen LogP contribution in [0.1, 0.15) is 52.6 Å². The minimum atomic E-state index is -0.00347. The van der Waals surface area contributed by atoms with Crippen LogP contribution >= 0.6 is 0 Å². The summed E-state index contributed by atoms with van der Waals surface area (Å²) in [6, 6.07) is 6.12. The predicted molar refractivity (Wildman–Crippen MR) is 114 cm³/mol. The second kappa shape index (κ2) is 6.72. The van der Waals surface area contributed by atoms with Crippen molar-refractivity contribution in [2.75, 3.05) is 31.6 Å². The maximum Gasteiger partial charge on any atom is 0.257 e. The fraction of sp³-hybridized carbons (Fsp3) is 0.435. The zero-order valence-electron chi connectivity index (χ0n) is 17.1. The summed E-state index contributed by atoms with van der Waals surface area (Å²) in [5, 5.41) is 1.19. The lowest BCUT2D eigenvalue weighted by Gasteiger charge is -2.39. The number of aromatic amines is 1. The van der Waals surface area contributed by atoms with Gasteiger partial charge in [0.1, 0.15) is 5.75 Å². The molecule has 0 saturated carbocycles. The second-order valence-corrected chi connectivity index (χ2v) is 8.48. The zero-order valence-corrected chi connectivity index (χ0v) is 17.1. The number of H-pyrrole nitrogens is 1. The summed E-state index contributed by atoms with van der Waals surface area (Å²) in [7, 11) is 1.69. The van der Waals surface area contributed by atoms with Gasteiger partial charge in [-0.15, -0.1) is 0 Å². The molecule has 1 N–H and O–H groups in total. The van der Waals surface area contributed by atoms with E-state index in [-0.39, 0.29) is 11.9 Å². The Morgan fingerprint density at radius 1 is 1.17 bits per heavy atom. The van der Waals surface area contributed by atoms with Crippen LogP contribution in [-0.2, 0) is 12.8 Å². The van der Waals surface area contributed by atoms with Gasteiger partial charge in [0.25, 0.3) is 5.91 Å². The van der Waals surface area contributed by atoms with E-state index in [1.807, 2.05) is 11.0 Å². The quantitative estimate of drug-likeness (QED) is 0.711. The summed E-state index contributed by atoms with van der Waals surface area (Å²) in [5.74, 6) is 1.68. The summed E-state index contributed by atoms with van der Waals surface area (Å²) >= 11 is 0. The third-order valence-corrected chi connectivity index (χ3v) is 6.83. The normalized spacial score (nSPS) is 20.7. The lowest BCUT2D eigenvalue weighted by Crippen LogP contribution is -2.45. The van der Waals surface area contributed by atoms with Crippen LogP contribution in [0.2, 0.25) is 0 Å². The first-order valence-electron chi connectivity index (χ1n) is 10.8. The topological polar surface area (TPSA) is 74.3 Å². The molecule has 0 bridgehead atoms. The van der Waals surface area contributed by atoms with Crippen LogP contribution in [0.5, 0.6) is 5.75 Å². The zero-order chi connectivity index (χ0) is 20.2. The predicted octanol–water partition coefficient (Wildman–Crippen LogP) is 3.25. The number of nitrogens with one attached hydrogen (secondary N) is 1. The Kier molecular flexibility index (Phi) is 3.97. The first kappa shape index (κ1) is 17.7. The molecule has 2 aromatic heterocycles. The maximum atomic E-state index is 13.3. The average Bonchev–Trinajstić information content (AvgIpc) is 3.18. The van der Waals surface area contributed by atoms with Gasteiger partial charge in [0, 0.05) is 48.8 Å². The van der Waals surface area contributed by atoms with Crippen molar-refractivity contribution in [3.8, 4) is 5.75 Å². The highest BCUT2D eigenvalue weighted by molar-refractivity contribution is 5.97. The molecule has 0 spiro atoms. The molecular formula is C23H25N5O2. The number of rotatable bonds is 2. The van der Waals surface area contributed by atoms with E-state index in [1.165, 1.54) is 30.2 Å². The second-order valence-electron chi connectivity index (χ2n) is 8.48. The monoisotopic (exact) mass is 403 g/mol. The summed E-state index contributed by atoms with van der Waals surface area (Å²) in [6.45, 7) is 2.71. The minimum Gasteiger partial charge on any atom is -0.497 e. The molecule has 7 heteroatoms. The average molecular weight is 403 g/mol. The fourth-order valence-electron chi connectivity index (χ4n) is 5.25. The molecule has 1 atom stereocenters. The van der Waals surface area contributed by atoms with Crippen LogP contribution < -0.4 is 9.64 Å². The largest absolute Gasteiger partial charge is 0.497 e. The Morgan fingerprint density at radius 3 is 2.87 bits per heavy atom. The molecule has 3 aliphatic rings. The Hall–Kier alpha value is -3.09. The van der Waals surface area contributed by atoms with E-state index in [1.54, 1.807) is 13.3 Å². The number of hydrogen-bond donors (Lipinski definition) is 1. The van der Waals surface area contributed by atoms with Crippen LogP contribution in [0.4, 0.5) is 5.95 Å². The van der Waals surface area contributed by atoms with Crippen LogP contribution in [-0.4, -0.2) is 52.5 Å². The van der Waals surface area contributed by atoms with Gasteiger partial charge in [-0.1, -0.05) is 0 Å². The smallest absolute Gasteiger partial charge is 0.257 e. The Bertz CT molecular complexity index is 1150. The molecule has 7 nitrogen and oxygen atoms in total. The third-order valence-electron chi connectivity index (χ3n) is 6.83. The molecular weight excluding hydrogens is 378 g/mol. The summed E-state index contributed by atoms with van der Waals surface area (Å²) in [6.07, 6.45) is 6.94. The number of aromatic nitrogens is 3. The molecule has 1 fully saturated rings. The molecule has 3 aromatic rings. The molecule has 154 valence electrons. The van der Waals surface area contributed by atoms with E-state index in [2.05, 4.69) is 27.0 Å². The number of hydrogen-bond acceptors (Lipinski definition) is 5. The van der Waals surface area contributed by atoms with Gasteiger partial charge in [0.15, 0.2) is 0 Å². The molecule has 1 amide bonds. The molecule has 30 heavy (non-hydrogen) atoms. The van der Waals surface area contributed by atoms with Crippen LogP contribution in [0, 0.1) is 0 Å². The van der Waals surface area contributed by atoms with Gasteiger partial charge >= 0.3 is 0 Å². The van der Waals surface area contributed by atoms with E-state index < -0.39 is 0 Å². The van der Waals surface area contributed by atoms with Crippen molar-refractivity contribution in [2.24, 2.45) is 0 Å². The van der Waals surface area contributed by atoms with Crippen molar-refractivity contribution in [1.29, 1.82) is 0 Å². The number of carbonyl (C=O) groups excluding carboxylic acids is 1. The Balaban J connectivity index is 1.40. The van der Waals surface area contributed by atoms with E-state index in [0.29, 0.717) is 12.1 Å². The summed E-state index contributed by atoms with van der Waals surface area (Å²) < 4.78 is 5.42. The number of benzene rings is 1. The number of anilines is 1. The lowest BCUT2D eigenvalue weighted by molar-refractivity contribution is 0.0624. The van der Waals surface area contributed by atoms with E-state index >= 15 is 0 Å². The van der Waals surface area contributed by atoms with Gasteiger partial charge in [0.2, 0.25) is 5.95 Å². The standard InChI is InChI=1S/C23H25N5O2/c1-30-14-5-6-18-16(11-14)15-7-10-28-20(21(15)25-18)12-19-17(22(28)29)13-24-23(26-19)27-8-3-2-4-9-27/h5-6,11,13,20,25H,2-4,7-10,12H2,1H3/t20-/m0/s1. The van der Waals surface area contributed by atoms with Gasteiger partial charge in [-0.3, -0.25) is 4.79 Å². The summed E-state index contributed by atoms with van der Waals surface area (Å²) in [4.78, 5) is 30.5. The highest BCUT2D eigenvalue weighted by Crippen LogP contribution is 2.40. The van der Waals surface area contributed by atoms with Gasteiger partial charge < -0.3 is 19.5 Å². The first-order chi connectivity index (χ1) is 14.7. The number of piperidine rings is 1. The fourth-order valence-corrected chi connectivity index (χ4v) is 5.25. The van der Waals surface area contributed by atoms with Crippen molar-refractivity contribution >= 4 is 22.8 Å². The molecule has 0 radical (unpaired) electrons. The lowest BCUT2D eigenvalue weighted by atomic mass is 9.89. The maximum absolute atomic E-state index is 13.3. The van der Waals surface area contributed by atoms with Crippen LogP contribution in [0.15, 0.2) is 24.4 Å². The molecule has 0 unspecified atom stereocenters. The molecule has 5 heterocycles. The van der Waals surface area contributed by atoms with Crippen molar-refractivity contribution in [3.05, 3.63) is 46.9 Å². The first-order valence-corrected chi connectivity index (χ1v) is 10.8. The van der Waals surface area contributed by atoms with Gasteiger partial charge in [-0.05, 0) is 49.4 Å². The van der Waals surface area contributed by atoms with Gasteiger partial charge in [-0.25, -0.2) is 9.97 Å². The van der Waals surface area contributed by atoms with Crippen molar-refractivity contribution in [1.82, 2.24) is 19.9 Å². The molecule has 1 saturated heterocycles. The number of nitrogens with zero attached hydrogens (tertiary/aromatic N) is 4. The third kappa shape index (κ3) is 2.61. The van der Waals surface area contributed by atoms with Gasteiger partial charge in [-0.2, -0.15) is 0 Å². The number of carbonyl (C=O) groups is 1. The molecule has 1 aromatic carbocycles. The minimum absolute atomic E-state index is 0.00347. The number of methoxy groups -OCH3 is 1. The highest BCUT2D eigenvalue weighted by atomic mass is 16.5. The van der Waals surface area contributed by atoms with E-state index in [4.69, 9.17) is 9.72 Å². The van der Waals surface area contributed by atoms with E-state index in [0.717, 1.165) is 54.5 Å². The number of ether oxygens (including phenoxy) is 1. The Labute approximate surface area is 175 Å². The number of fused-ring (bicyclic) bond motifs is 6. The molecule has 0 aliphatic carbocycles. The van der Waals surface area contributed by atoms with E-state index in [9.17, 15) is 4.79 Å². The van der Waals surface area contributed by atoms with Crippen LogP contribution in [0.3, 0.4) is 0 Å². The molecule has 3 aliphatic heterocycles. The van der Waals surface area contributed by atoms with Crippen LogP contribution in [0.25, 0.3) is 10.9 Å². The summed E-state index contributed by atoms with van der Waals surface area (Å²) in [5.41, 5.74) is 5.07. The highest BCUT2D eigenvalue weighted by Gasteiger charge is 2.39. The van der Waals surface area contributed by atoms with Crippen molar-refractivity contribution in [2.45, 2.75) is 38.1 Å². The van der Waals surface area contributed by atoms with Crippen molar-refractivity contribution in [3.63, 3.8) is 0 Å². The van der Waals surface area contributed by atoms with Crippen molar-refractivity contribution < 1.29 is 9.53 Å². The SMILES string of the molecule is COc1ccc2[nH]c3c(c2c1)CCN1C(=O)c2cnc(N4CCCCC4)nc2C[C@@H]31.